The van der Waals surface area contributed by atoms with Gasteiger partial charge in [0.25, 0.3) is 0 Å². The second-order valence-electron chi connectivity index (χ2n) is 7.14. The number of hydrogen-bond donors (Lipinski definition) is 1. The van der Waals surface area contributed by atoms with Crippen molar-refractivity contribution in [1.29, 1.82) is 0 Å². The summed E-state index contributed by atoms with van der Waals surface area (Å²) in [5.41, 5.74) is 7.85. The van der Waals surface area contributed by atoms with Crippen molar-refractivity contribution in [1.82, 2.24) is 4.57 Å². The monoisotopic (exact) mass is 375 g/mol. The predicted octanol–water partition coefficient (Wildman–Crippen LogP) is 6.46. The third kappa shape index (κ3) is 3.04. The fourth-order valence-corrected chi connectivity index (χ4v) is 4.05. The Morgan fingerprint density at radius 1 is 0.621 bits per heavy atom. The Kier molecular flexibility index (Phi) is 4.47. The molecule has 4 aromatic carbocycles. The van der Waals surface area contributed by atoms with E-state index in [9.17, 15) is 5.11 Å². The van der Waals surface area contributed by atoms with Crippen molar-refractivity contribution >= 4 is 10.9 Å². The van der Waals surface area contributed by atoms with Gasteiger partial charge in [-0.1, -0.05) is 84.9 Å². The number of aliphatic hydroxyl groups is 1. The van der Waals surface area contributed by atoms with Gasteiger partial charge in [-0.3, -0.25) is 0 Å². The van der Waals surface area contributed by atoms with Crippen LogP contribution < -0.4 is 0 Å². The summed E-state index contributed by atoms with van der Waals surface area (Å²) in [5.74, 6) is 0. The second kappa shape index (κ2) is 7.42. The minimum absolute atomic E-state index is 0.0291. The third-order valence-corrected chi connectivity index (χ3v) is 5.34. The quantitative estimate of drug-likeness (QED) is 0.383. The van der Waals surface area contributed by atoms with Crippen LogP contribution in [0.25, 0.3) is 39.0 Å². The van der Waals surface area contributed by atoms with Crippen molar-refractivity contribution in [2.45, 2.75) is 6.61 Å². The second-order valence-corrected chi connectivity index (χ2v) is 7.14. The third-order valence-electron chi connectivity index (χ3n) is 5.34. The van der Waals surface area contributed by atoms with Crippen LogP contribution in [0.1, 0.15) is 5.56 Å². The first-order chi connectivity index (χ1) is 14.4. The van der Waals surface area contributed by atoms with Crippen molar-refractivity contribution in [2.75, 3.05) is 0 Å². The maximum absolute atomic E-state index is 9.76. The highest BCUT2D eigenvalue weighted by Gasteiger charge is 2.21. The van der Waals surface area contributed by atoms with Crippen LogP contribution in [-0.4, -0.2) is 9.67 Å². The molecule has 0 saturated heterocycles. The van der Waals surface area contributed by atoms with Crippen molar-refractivity contribution < 1.29 is 5.11 Å². The average Bonchev–Trinajstić information content (AvgIpc) is 3.15. The molecule has 1 N–H and O–H groups in total. The van der Waals surface area contributed by atoms with Gasteiger partial charge in [0.1, 0.15) is 0 Å². The molecule has 0 atom stereocenters. The van der Waals surface area contributed by atoms with Crippen LogP contribution in [0.15, 0.2) is 109 Å². The van der Waals surface area contributed by atoms with Gasteiger partial charge < -0.3 is 9.67 Å². The Balaban J connectivity index is 1.97. The number of nitrogens with zero attached hydrogens (tertiary/aromatic N) is 1. The first kappa shape index (κ1) is 17.5. The molecule has 140 valence electrons. The van der Waals surface area contributed by atoms with Gasteiger partial charge in [0.15, 0.2) is 0 Å². The summed E-state index contributed by atoms with van der Waals surface area (Å²) >= 11 is 0. The SMILES string of the molecule is OCc1ccc2c(c1)c(-c1ccccc1)c(-c1ccccc1)n2-c1ccccc1. The van der Waals surface area contributed by atoms with Gasteiger partial charge in [-0.2, -0.15) is 0 Å². The molecular weight excluding hydrogens is 354 g/mol. The molecule has 0 spiro atoms. The minimum Gasteiger partial charge on any atom is -0.392 e. The molecule has 0 amide bonds. The van der Waals surface area contributed by atoms with E-state index in [0.29, 0.717) is 0 Å². The highest BCUT2D eigenvalue weighted by atomic mass is 16.3. The maximum atomic E-state index is 9.76. The number of fused-ring (bicyclic) bond motifs is 1. The Hall–Kier alpha value is -3.62. The largest absolute Gasteiger partial charge is 0.392 e. The highest BCUT2D eigenvalue weighted by molar-refractivity contribution is 6.06. The molecule has 0 radical (unpaired) electrons. The number of hydrogen-bond acceptors (Lipinski definition) is 1. The van der Waals surface area contributed by atoms with E-state index >= 15 is 0 Å². The predicted molar refractivity (Wildman–Crippen MR) is 120 cm³/mol. The smallest absolute Gasteiger partial charge is 0.0682 e. The highest BCUT2D eigenvalue weighted by Crippen LogP contribution is 2.42. The van der Waals surface area contributed by atoms with Crippen LogP contribution in [-0.2, 0) is 6.61 Å². The van der Waals surface area contributed by atoms with Crippen LogP contribution in [0.3, 0.4) is 0 Å². The summed E-state index contributed by atoms with van der Waals surface area (Å²) in [7, 11) is 0. The van der Waals surface area contributed by atoms with Crippen LogP contribution >= 0.6 is 0 Å². The number of aliphatic hydroxyl groups excluding tert-OH is 1. The van der Waals surface area contributed by atoms with Gasteiger partial charge in [0.05, 0.1) is 17.8 Å². The number of benzene rings is 4. The molecule has 0 fully saturated rings. The molecular formula is C27H21NO. The van der Waals surface area contributed by atoms with E-state index in [1.54, 1.807) is 0 Å². The number of rotatable bonds is 4. The van der Waals surface area contributed by atoms with Crippen molar-refractivity contribution in [3.63, 3.8) is 0 Å². The van der Waals surface area contributed by atoms with Crippen LogP contribution in [0, 0.1) is 0 Å². The molecule has 2 heteroatoms. The lowest BCUT2D eigenvalue weighted by Crippen LogP contribution is -1.97. The molecule has 5 aromatic rings. The average molecular weight is 375 g/mol. The lowest BCUT2D eigenvalue weighted by atomic mass is 9.97. The van der Waals surface area contributed by atoms with Gasteiger partial charge in [-0.25, -0.2) is 0 Å². The molecule has 1 aromatic heterocycles. The van der Waals surface area contributed by atoms with Crippen molar-refractivity contribution in [2.24, 2.45) is 0 Å². The first-order valence-electron chi connectivity index (χ1n) is 9.81. The molecule has 29 heavy (non-hydrogen) atoms. The molecule has 0 aliphatic carbocycles. The molecule has 0 saturated carbocycles. The molecule has 0 aliphatic rings. The Labute approximate surface area is 170 Å². The molecule has 1 heterocycles. The van der Waals surface area contributed by atoms with Crippen molar-refractivity contribution in [3.05, 3.63) is 115 Å². The van der Waals surface area contributed by atoms with Gasteiger partial charge in [-0.05, 0) is 41.0 Å². The van der Waals surface area contributed by atoms with Crippen LogP contribution in [0.4, 0.5) is 0 Å². The Bertz CT molecular complexity index is 1260. The summed E-state index contributed by atoms with van der Waals surface area (Å²) in [6, 6.07) is 37.7. The van der Waals surface area contributed by atoms with Gasteiger partial charge in [0, 0.05) is 16.6 Å². The summed E-state index contributed by atoms with van der Waals surface area (Å²) < 4.78 is 2.33. The lowest BCUT2D eigenvalue weighted by Gasteiger charge is -2.13. The normalized spacial score (nSPS) is 11.1. The van der Waals surface area contributed by atoms with E-state index < -0.39 is 0 Å². The van der Waals surface area contributed by atoms with E-state index in [4.69, 9.17) is 0 Å². The maximum Gasteiger partial charge on any atom is 0.0682 e. The molecule has 0 aliphatic heterocycles. The van der Waals surface area contributed by atoms with E-state index in [1.807, 2.05) is 24.3 Å². The van der Waals surface area contributed by atoms with E-state index in [0.717, 1.165) is 33.4 Å². The summed E-state index contributed by atoms with van der Waals surface area (Å²) in [6.07, 6.45) is 0. The minimum atomic E-state index is 0.0291. The van der Waals surface area contributed by atoms with Crippen LogP contribution in [0.5, 0.6) is 0 Å². The van der Waals surface area contributed by atoms with E-state index in [2.05, 4.69) is 89.5 Å². The first-order valence-corrected chi connectivity index (χ1v) is 9.81. The van der Waals surface area contributed by atoms with E-state index in [-0.39, 0.29) is 6.61 Å². The molecule has 0 unspecified atom stereocenters. The zero-order valence-electron chi connectivity index (χ0n) is 16.0. The zero-order valence-corrected chi connectivity index (χ0v) is 16.0. The van der Waals surface area contributed by atoms with Crippen molar-refractivity contribution in [3.8, 4) is 28.1 Å². The molecule has 0 bridgehead atoms. The summed E-state index contributed by atoms with van der Waals surface area (Å²) in [5, 5.41) is 10.9. The molecule has 2 nitrogen and oxygen atoms in total. The number of aromatic nitrogens is 1. The van der Waals surface area contributed by atoms with E-state index in [1.165, 1.54) is 11.1 Å². The Morgan fingerprint density at radius 2 is 1.21 bits per heavy atom. The fraction of sp³-hybridized carbons (Fsp3) is 0.0370. The topological polar surface area (TPSA) is 25.2 Å². The Morgan fingerprint density at radius 3 is 1.83 bits per heavy atom. The van der Waals surface area contributed by atoms with Crippen LogP contribution in [0.2, 0.25) is 0 Å². The lowest BCUT2D eigenvalue weighted by molar-refractivity contribution is 0.282. The van der Waals surface area contributed by atoms with Gasteiger partial charge in [0.2, 0.25) is 0 Å². The van der Waals surface area contributed by atoms with Gasteiger partial charge >= 0.3 is 0 Å². The fourth-order valence-electron chi connectivity index (χ4n) is 4.05. The standard InChI is InChI=1S/C27H21NO/c29-19-20-16-17-25-24(18-20)26(21-10-4-1-5-11-21)27(22-12-6-2-7-13-22)28(25)23-14-8-3-9-15-23/h1-18,29H,19H2. The zero-order chi connectivity index (χ0) is 19.6. The number of para-hydroxylation sites is 1. The summed E-state index contributed by atoms with van der Waals surface area (Å²) in [6.45, 7) is 0.0291. The van der Waals surface area contributed by atoms with Gasteiger partial charge in [-0.15, -0.1) is 0 Å². The molecule has 5 rings (SSSR count). The summed E-state index contributed by atoms with van der Waals surface area (Å²) in [4.78, 5) is 0.